The van der Waals surface area contributed by atoms with Crippen molar-refractivity contribution in [2.24, 2.45) is 0 Å². The quantitative estimate of drug-likeness (QED) is 0.457. The van der Waals surface area contributed by atoms with E-state index in [9.17, 15) is 19.5 Å². The molecule has 0 heterocycles. The summed E-state index contributed by atoms with van der Waals surface area (Å²) < 4.78 is 5.25. The summed E-state index contributed by atoms with van der Waals surface area (Å²) in [4.78, 5) is 36.6. The second-order valence-corrected chi connectivity index (χ2v) is 8.10. The second kappa shape index (κ2) is 11.1. The molecule has 0 aromatic heterocycles. The van der Waals surface area contributed by atoms with Crippen LogP contribution < -0.4 is 16.2 Å². The number of hydrazine groups is 1. The lowest BCUT2D eigenvalue weighted by molar-refractivity contribution is -0.140. The van der Waals surface area contributed by atoms with Crippen LogP contribution in [0.2, 0.25) is 0 Å². The molecular formula is C23H29N3O5. The minimum atomic E-state index is -1.11. The van der Waals surface area contributed by atoms with Crippen LogP contribution in [-0.2, 0) is 27.2 Å². The zero-order valence-electron chi connectivity index (χ0n) is 17.9. The van der Waals surface area contributed by atoms with Crippen molar-refractivity contribution in [2.45, 2.75) is 51.3 Å². The van der Waals surface area contributed by atoms with Gasteiger partial charge in [-0.25, -0.2) is 10.2 Å². The van der Waals surface area contributed by atoms with Gasteiger partial charge in [-0.05, 0) is 31.9 Å². The van der Waals surface area contributed by atoms with Gasteiger partial charge in [0.15, 0.2) is 0 Å². The molecule has 0 unspecified atom stereocenters. The Hall–Kier alpha value is -3.39. The Balaban J connectivity index is 2.05. The van der Waals surface area contributed by atoms with E-state index in [1.807, 2.05) is 60.7 Å². The molecule has 0 aliphatic heterocycles. The van der Waals surface area contributed by atoms with Crippen molar-refractivity contribution >= 4 is 18.0 Å². The number of carbonyl (C=O) groups excluding carboxylic acids is 2. The third-order valence-corrected chi connectivity index (χ3v) is 4.24. The summed E-state index contributed by atoms with van der Waals surface area (Å²) in [6.45, 7) is 5.17. The molecule has 0 aliphatic rings. The molecule has 8 nitrogen and oxygen atoms in total. The van der Waals surface area contributed by atoms with Gasteiger partial charge in [-0.3, -0.25) is 15.0 Å². The van der Waals surface area contributed by atoms with Crippen LogP contribution in [-0.4, -0.2) is 40.8 Å². The van der Waals surface area contributed by atoms with E-state index in [4.69, 9.17) is 4.74 Å². The van der Waals surface area contributed by atoms with Gasteiger partial charge in [-0.15, -0.1) is 0 Å². The summed E-state index contributed by atoms with van der Waals surface area (Å²) in [5.41, 5.74) is 5.92. The SMILES string of the molecule is CC(C)(C)OC(=O)N[C@H](Cc1ccccc1)C(=O)NN[C@@H](Cc1ccccc1)C(=O)O. The fourth-order valence-corrected chi connectivity index (χ4v) is 2.80. The van der Waals surface area contributed by atoms with Crippen LogP contribution in [0.25, 0.3) is 0 Å². The molecule has 2 amide bonds. The monoisotopic (exact) mass is 427 g/mol. The first-order valence-electron chi connectivity index (χ1n) is 9.99. The van der Waals surface area contributed by atoms with Gasteiger partial charge in [0.2, 0.25) is 0 Å². The lowest BCUT2D eigenvalue weighted by Crippen LogP contribution is -2.56. The van der Waals surface area contributed by atoms with Gasteiger partial charge >= 0.3 is 12.1 Å². The van der Waals surface area contributed by atoms with Crippen LogP contribution in [0.1, 0.15) is 31.9 Å². The summed E-state index contributed by atoms with van der Waals surface area (Å²) in [6.07, 6.45) is -0.341. The predicted octanol–water partition coefficient (Wildman–Crippen LogP) is 2.44. The van der Waals surface area contributed by atoms with Crippen molar-refractivity contribution in [3.05, 3.63) is 71.8 Å². The minimum absolute atomic E-state index is 0.180. The molecule has 2 aromatic rings. The number of nitrogens with one attached hydrogen (secondary N) is 3. The first kappa shape index (κ1) is 23.9. The molecule has 2 atom stereocenters. The number of benzene rings is 2. The third kappa shape index (κ3) is 8.88. The highest BCUT2D eigenvalue weighted by Crippen LogP contribution is 2.09. The van der Waals surface area contributed by atoms with Crippen molar-refractivity contribution in [1.82, 2.24) is 16.2 Å². The van der Waals surface area contributed by atoms with Crippen LogP contribution >= 0.6 is 0 Å². The molecule has 4 N–H and O–H groups in total. The lowest BCUT2D eigenvalue weighted by Gasteiger charge is -2.24. The topological polar surface area (TPSA) is 117 Å². The highest BCUT2D eigenvalue weighted by molar-refractivity contribution is 5.86. The van der Waals surface area contributed by atoms with Crippen molar-refractivity contribution in [3.8, 4) is 0 Å². The minimum Gasteiger partial charge on any atom is -0.480 e. The van der Waals surface area contributed by atoms with E-state index in [1.54, 1.807) is 20.8 Å². The summed E-state index contributed by atoms with van der Waals surface area (Å²) in [5, 5.41) is 12.1. The van der Waals surface area contributed by atoms with Crippen LogP contribution in [0.15, 0.2) is 60.7 Å². The lowest BCUT2D eigenvalue weighted by atomic mass is 10.1. The van der Waals surface area contributed by atoms with Gasteiger partial charge in [0.05, 0.1) is 0 Å². The number of hydrogen-bond donors (Lipinski definition) is 4. The average molecular weight is 428 g/mol. The third-order valence-electron chi connectivity index (χ3n) is 4.24. The van der Waals surface area contributed by atoms with Crippen molar-refractivity contribution in [2.75, 3.05) is 0 Å². The van der Waals surface area contributed by atoms with E-state index >= 15 is 0 Å². The van der Waals surface area contributed by atoms with E-state index in [-0.39, 0.29) is 12.8 Å². The number of carboxylic acid groups (broad SMARTS) is 1. The second-order valence-electron chi connectivity index (χ2n) is 8.10. The fourth-order valence-electron chi connectivity index (χ4n) is 2.80. The Bertz CT molecular complexity index is 866. The number of amides is 2. The molecule has 0 fully saturated rings. The Morgan fingerprint density at radius 2 is 1.35 bits per heavy atom. The van der Waals surface area contributed by atoms with Gasteiger partial charge in [0.25, 0.3) is 5.91 Å². The van der Waals surface area contributed by atoms with Gasteiger partial charge < -0.3 is 15.2 Å². The number of carboxylic acids is 1. The molecule has 31 heavy (non-hydrogen) atoms. The Morgan fingerprint density at radius 3 is 1.81 bits per heavy atom. The van der Waals surface area contributed by atoms with Crippen molar-refractivity contribution in [3.63, 3.8) is 0 Å². The maximum atomic E-state index is 12.8. The predicted molar refractivity (Wildman–Crippen MR) is 116 cm³/mol. The standard InChI is InChI=1S/C23H29N3O5/c1-23(2,3)31-22(30)24-18(14-16-10-6-4-7-11-16)20(27)26-25-19(21(28)29)15-17-12-8-5-9-13-17/h4-13,18-19,25H,14-15H2,1-3H3,(H,24,30)(H,26,27)(H,28,29)/t18-,19+/m1/s1. The number of carbonyl (C=O) groups is 3. The van der Waals surface area contributed by atoms with Crippen LogP contribution in [0.4, 0.5) is 4.79 Å². The molecule has 2 rings (SSSR count). The summed E-state index contributed by atoms with van der Waals surface area (Å²) >= 11 is 0. The Kier molecular flexibility index (Phi) is 8.57. The number of aliphatic carboxylic acids is 1. The molecule has 0 saturated heterocycles. The van der Waals surface area contributed by atoms with E-state index in [0.29, 0.717) is 0 Å². The normalized spacial score (nSPS) is 13.0. The Labute approximate surface area is 182 Å². The maximum absolute atomic E-state index is 12.8. The Morgan fingerprint density at radius 1 is 0.871 bits per heavy atom. The van der Waals surface area contributed by atoms with Crippen LogP contribution in [0.5, 0.6) is 0 Å². The zero-order chi connectivity index (χ0) is 22.9. The average Bonchev–Trinajstić information content (AvgIpc) is 2.70. The summed E-state index contributed by atoms with van der Waals surface area (Å²) in [5.74, 6) is -1.68. The maximum Gasteiger partial charge on any atom is 0.408 e. The smallest absolute Gasteiger partial charge is 0.408 e. The highest BCUT2D eigenvalue weighted by Gasteiger charge is 2.26. The molecule has 2 aromatic carbocycles. The number of ether oxygens (including phenoxy) is 1. The molecule has 0 spiro atoms. The number of alkyl carbamates (subject to hydrolysis) is 1. The molecule has 0 bridgehead atoms. The molecule has 166 valence electrons. The van der Waals surface area contributed by atoms with Crippen molar-refractivity contribution < 1.29 is 24.2 Å². The fraction of sp³-hybridized carbons (Fsp3) is 0.348. The largest absolute Gasteiger partial charge is 0.480 e. The van der Waals surface area contributed by atoms with Gasteiger partial charge in [-0.2, -0.15) is 0 Å². The number of hydrogen-bond acceptors (Lipinski definition) is 5. The molecular weight excluding hydrogens is 398 g/mol. The first-order chi connectivity index (χ1) is 14.6. The van der Waals surface area contributed by atoms with E-state index in [0.717, 1.165) is 11.1 Å². The van der Waals surface area contributed by atoms with Crippen LogP contribution in [0.3, 0.4) is 0 Å². The highest BCUT2D eigenvalue weighted by atomic mass is 16.6. The van der Waals surface area contributed by atoms with E-state index in [2.05, 4.69) is 16.2 Å². The molecule has 8 heteroatoms. The summed E-state index contributed by atoms with van der Waals surface area (Å²) in [6, 6.07) is 16.3. The van der Waals surface area contributed by atoms with E-state index in [1.165, 1.54) is 0 Å². The van der Waals surface area contributed by atoms with Gasteiger partial charge in [0, 0.05) is 12.8 Å². The van der Waals surface area contributed by atoms with Gasteiger partial charge in [-0.1, -0.05) is 60.7 Å². The molecule has 0 saturated carbocycles. The van der Waals surface area contributed by atoms with Crippen LogP contribution in [0, 0.1) is 0 Å². The van der Waals surface area contributed by atoms with Gasteiger partial charge in [0.1, 0.15) is 17.7 Å². The van der Waals surface area contributed by atoms with E-state index < -0.39 is 35.7 Å². The number of rotatable bonds is 9. The zero-order valence-corrected chi connectivity index (χ0v) is 17.9. The summed E-state index contributed by atoms with van der Waals surface area (Å²) in [7, 11) is 0. The molecule has 0 aliphatic carbocycles. The first-order valence-corrected chi connectivity index (χ1v) is 9.99. The molecule has 0 radical (unpaired) electrons. The van der Waals surface area contributed by atoms with Crippen molar-refractivity contribution in [1.29, 1.82) is 0 Å².